The Kier molecular flexibility index (Phi) is 6.17. The Morgan fingerprint density at radius 1 is 1.19 bits per heavy atom. The quantitative estimate of drug-likeness (QED) is 0.562. The number of benzene rings is 2. The molecular weight excluding hydrogens is 438 g/mol. The van der Waals surface area contributed by atoms with E-state index in [-0.39, 0.29) is 29.4 Å². The van der Waals surface area contributed by atoms with Crippen LogP contribution in [-0.2, 0) is 26.1 Å². The summed E-state index contributed by atoms with van der Waals surface area (Å²) >= 11 is 0. The normalized spacial score (nSPS) is 14.9. The number of carbonyl (C=O) groups is 1. The van der Waals surface area contributed by atoms with Crippen LogP contribution in [-0.4, -0.2) is 67.0 Å². The van der Waals surface area contributed by atoms with Gasteiger partial charge < -0.3 is 14.8 Å². The number of hydrogen-bond donors (Lipinski definition) is 1. The fourth-order valence-electron chi connectivity index (χ4n) is 3.33. The molecule has 0 atom stereocenters. The number of anilines is 1. The van der Waals surface area contributed by atoms with Gasteiger partial charge in [0, 0.05) is 13.1 Å². The summed E-state index contributed by atoms with van der Waals surface area (Å²) in [6.45, 7) is 0.737. The summed E-state index contributed by atoms with van der Waals surface area (Å²) in [5.74, 6) is -0.313. The molecule has 11 nitrogen and oxygen atoms in total. The molecule has 2 aromatic carbocycles. The molecule has 1 aliphatic heterocycles. The van der Waals surface area contributed by atoms with Gasteiger partial charge in [0.15, 0.2) is 0 Å². The van der Waals surface area contributed by atoms with Crippen molar-refractivity contribution in [1.29, 1.82) is 0 Å². The standard InChI is InChI=1S/C20H21N5O6S/c1-30-18-7-6-14(32(28,29)24-8-10-31-11-9-24)12-17(18)21-19(26)13-25-20(27)15-4-2-3-5-16(15)22-23-25/h2-7,12H,8-11,13H2,1H3,(H,21,26). The molecule has 0 bridgehead atoms. The molecule has 0 spiro atoms. The number of fused-ring (bicyclic) bond motifs is 1. The van der Waals surface area contributed by atoms with Crippen LogP contribution in [0, 0.1) is 0 Å². The van der Waals surface area contributed by atoms with E-state index in [9.17, 15) is 18.0 Å². The molecule has 0 unspecified atom stereocenters. The van der Waals surface area contributed by atoms with Crippen LogP contribution < -0.4 is 15.6 Å². The zero-order valence-electron chi connectivity index (χ0n) is 17.2. The molecule has 0 aliphatic carbocycles. The van der Waals surface area contributed by atoms with E-state index >= 15 is 0 Å². The Morgan fingerprint density at radius 3 is 2.69 bits per heavy atom. The van der Waals surface area contributed by atoms with Crippen LogP contribution in [0.25, 0.3) is 10.9 Å². The SMILES string of the molecule is COc1ccc(S(=O)(=O)N2CCOCC2)cc1NC(=O)Cn1nnc2ccccc2c1=O. The number of methoxy groups -OCH3 is 1. The van der Waals surface area contributed by atoms with Gasteiger partial charge in [0.05, 0.1) is 36.3 Å². The zero-order valence-corrected chi connectivity index (χ0v) is 18.0. The third-order valence-corrected chi connectivity index (χ3v) is 6.87. The van der Waals surface area contributed by atoms with Gasteiger partial charge in [-0.2, -0.15) is 4.31 Å². The maximum Gasteiger partial charge on any atom is 0.278 e. The van der Waals surface area contributed by atoms with E-state index in [1.807, 2.05) is 0 Å². The number of sulfonamides is 1. The molecule has 0 radical (unpaired) electrons. The molecular formula is C20H21N5O6S. The minimum atomic E-state index is -3.77. The van der Waals surface area contributed by atoms with Crippen molar-refractivity contribution in [3.63, 3.8) is 0 Å². The first kappa shape index (κ1) is 21.9. The van der Waals surface area contributed by atoms with Crippen molar-refractivity contribution >= 4 is 32.5 Å². The number of ether oxygens (including phenoxy) is 2. The predicted molar refractivity (Wildman–Crippen MR) is 115 cm³/mol. The lowest BCUT2D eigenvalue weighted by Gasteiger charge is -2.26. The van der Waals surface area contributed by atoms with Crippen molar-refractivity contribution in [3.05, 3.63) is 52.8 Å². The molecule has 1 aliphatic rings. The van der Waals surface area contributed by atoms with Crippen molar-refractivity contribution in [2.75, 3.05) is 38.7 Å². The minimum absolute atomic E-state index is 0.0122. The van der Waals surface area contributed by atoms with Gasteiger partial charge in [0.25, 0.3) is 5.56 Å². The summed E-state index contributed by atoms with van der Waals surface area (Å²) in [6, 6.07) is 10.9. The Labute approximate surface area is 183 Å². The average Bonchev–Trinajstić information content (AvgIpc) is 2.81. The van der Waals surface area contributed by atoms with Gasteiger partial charge in [-0.05, 0) is 30.3 Å². The summed E-state index contributed by atoms with van der Waals surface area (Å²) < 4.78 is 38.6. The summed E-state index contributed by atoms with van der Waals surface area (Å²) in [6.07, 6.45) is 0. The summed E-state index contributed by atoms with van der Waals surface area (Å²) in [5.41, 5.74) is 0.131. The first-order valence-electron chi connectivity index (χ1n) is 9.78. The number of rotatable bonds is 6. The van der Waals surface area contributed by atoms with Crippen LogP contribution in [0.4, 0.5) is 5.69 Å². The monoisotopic (exact) mass is 459 g/mol. The largest absolute Gasteiger partial charge is 0.495 e. The molecule has 0 saturated carbocycles. The highest BCUT2D eigenvalue weighted by atomic mass is 32.2. The van der Waals surface area contributed by atoms with Crippen molar-refractivity contribution < 1.29 is 22.7 Å². The highest BCUT2D eigenvalue weighted by Crippen LogP contribution is 2.29. The second-order valence-corrected chi connectivity index (χ2v) is 8.93. The molecule has 1 N–H and O–H groups in total. The molecule has 1 saturated heterocycles. The first-order valence-corrected chi connectivity index (χ1v) is 11.2. The molecule has 1 aromatic heterocycles. The van der Waals surface area contributed by atoms with Gasteiger partial charge in [-0.1, -0.05) is 17.3 Å². The Bertz CT molecular complexity index is 1320. The van der Waals surface area contributed by atoms with Crippen molar-refractivity contribution in [2.45, 2.75) is 11.4 Å². The maximum atomic E-state index is 12.9. The van der Waals surface area contributed by atoms with E-state index in [1.165, 1.54) is 29.6 Å². The molecule has 1 amide bonds. The molecule has 2 heterocycles. The van der Waals surface area contributed by atoms with Crippen molar-refractivity contribution in [3.8, 4) is 5.75 Å². The Morgan fingerprint density at radius 2 is 1.94 bits per heavy atom. The third-order valence-electron chi connectivity index (χ3n) is 4.98. The van der Waals surface area contributed by atoms with E-state index < -0.39 is 28.0 Å². The van der Waals surface area contributed by atoms with Gasteiger partial charge in [-0.25, -0.2) is 13.1 Å². The number of nitrogens with zero attached hydrogens (tertiary/aromatic N) is 4. The number of nitrogens with one attached hydrogen (secondary N) is 1. The van der Waals surface area contributed by atoms with Gasteiger partial charge in [0.2, 0.25) is 15.9 Å². The topological polar surface area (TPSA) is 133 Å². The highest BCUT2D eigenvalue weighted by molar-refractivity contribution is 7.89. The van der Waals surface area contributed by atoms with E-state index in [1.54, 1.807) is 24.3 Å². The predicted octanol–water partition coefficient (Wildman–Crippen LogP) is 0.460. The third kappa shape index (κ3) is 4.33. The average molecular weight is 459 g/mol. The Hall–Kier alpha value is -3.35. The van der Waals surface area contributed by atoms with Crippen molar-refractivity contribution in [2.24, 2.45) is 0 Å². The number of hydrogen-bond acceptors (Lipinski definition) is 8. The van der Waals surface area contributed by atoms with Crippen LogP contribution in [0.3, 0.4) is 0 Å². The van der Waals surface area contributed by atoms with E-state index in [0.717, 1.165) is 4.68 Å². The Balaban J connectivity index is 1.58. The fourth-order valence-corrected chi connectivity index (χ4v) is 4.77. The molecule has 3 aromatic rings. The smallest absolute Gasteiger partial charge is 0.278 e. The van der Waals surface area contributed by atoms with Crippen LogP contribution in [0.5, 0.6) is 5.75 Å². The van der Waals surface area contributed by atoms with Crippen LogP contribution in [0.15, 0.2) is 52.2 Å². The van der Waals surface area contributed by atoms with Gasteiger partial charge in [-0.15, -0.1) is 5.10 Å². The molecule has 12 heteroatoms. The lowest BCUT2D eigenvalue weighted by molar-refractivity contribution is -0.117. The minimum Gasteiger partial charge on any atom is -0.495 e. The van der Waals surface area contributed by atoms with Crippen LogP contribution in [0.2, 0.25) is 0 Å². The molecule has 168 valence electrons. The van der Waals surface area contributed by atoms with Crippen LogP contribution in [0.1, 0.15) is 0 Å². The number of amides is 1. The van der Waals surface area contributed by atoms with E-state index in [0.29, 0.717) is 24.1 Å². The van der Waals surface area contributed by atoms with E-state index in [4.69, 9.17) is 9.47 Å². The van der Waals surface area contributed by atoms with Crippen LogP contribution >= 0.6 is 0 Å². The first-order chi connectivity index (χ1) is 15.4. The van der Waals surface area contributed by atoms with Crippen molar-refractivity contribution in [1.82, 2.24) is 19.3 Å². The number of carbonyl (C=O) groups excluding carboxylic acids is 1. The zero-order chi connectivity index (χ0) is 22.7. The summed E-state index contributed by atoms with van der Waals surface area (Å²) in [4.78, 5) is 25.2. The maximum absolute atomic E-state index is 12.9. The summed E-state index contributed by atoms with van der Waals surface area (Å²) in [7, 11) is -2.36. The number of aromatic nitrogens is 3. The van der Waals surface area contributed by atoms with Gasteiger partial charge in [-0.3, -0.25) is 9.59 Å². The molecule has 1 fully saturated rings. The highest BCUT2D eigenvalue weighted by Gasteiger charge is 2.27. The second-order valence-electron chi connectivity index (χ2n) is 7.00. The fraction of sp³-hybridized carbons (Fsp3) is 0.300. The number of morpholine rings is 1. The van der Waals surface area contributed by atoms with Gasteiger partial charge in [0.1, 0.15) is 17.8 Å². The lowest BCUT2D eigenvalue weighted by Crippen LogP contribution is -2.40. The summed E-state index contributed by atoms with van der Waals surface area (Å²) in [5, 5.41) is 10.7. The van der Waals surface area contributed by atoms with E-state index in [2.05, 4.69) is 15.6 Å². The van der Waals surface area contributed by atoms with Gasteiger partial charge >= 0.3 is 0 Å². The molecule has 32 heavy (non-hydrogen) atoms. The molecule has 4 rings (SSSR count). The lowest BCUT2D eigenvalue weighted by atomic mass is 10.2. The second kappa shape index (κ2) is 9.02.